The highest BCUT2D eigenvalue weighted by Gasteiger charge is 2.58. The van der Waals surface area contributed by atoms with E-state index in [4.69, 9.17) is 9.47 Å². The molecule has 0 aromatic carbocycles. The van der Waals surface area contributed by atoms with Gasteiger partial charge in [-0.2, -0.15) is 0 Å². The standard InChI is InChI=1S/C20H32N2O4/c1-7-14-13-20(14,16(8-2)25-9-3)21-17(23)15-11-10-12-22(15)18(24)26-19(4,5)6/h7-8,14-15H,1,9-13H2,2-6H3,(H,21,23)/b16-8+/t14?,15?,20-/m1/s1. The van der Waals surface area contributed by atoms with E-state index in [1.54, 1.807) is 0 Å². The van der Waals surface area contributed by atoms with Crippen LogP contribution in [-0.2, 0) is 14.3 Å². The Balaban J connectivity index is 2.12. The van der Waals surface area contributed by atoms with Crippen molar-refractivity contribution in [1.82, 2.24) is 10.2 Å². The van der Waals surface area contributed by atoms with Gasteiger partial charge in [0.25, 0.3) is 0 Å². The van der Waals surface area contributed by atoms with E-state index in [0.29, 0.717) is 19.6 Å². The van der Waals surface area contributed by atoms with Crippen molar-refractivity contribution < 1.29 is 19.1 Å². The number of carbonyl (C=O) groups is 2. The number of rotatable bonds is 6. The van der Waals surface area contributed by atoms with E-state index in [9.17, 15) is 9.59 Å². The first-order chi connectivity index (χ1) is 12.2. The number of allylic oxidation sites excluding steroid dienone is 1. The lowest BCUT2D eigenvalue weighted by Gasteiger charge is -2.30. The third-order valence-electron chi connectivity index (χ3n) is 4.83. The van der Waals surface area contributed by atoms with Gasteiger partial charge in [0.2, 0.25) is 5.91 Å². The van der Waals surface area contributed by atoms with Crippen LogP contribution in [0, 0.1) is 5.92 Å². The van der Waals surface area contributed by atoms with Crippen LogP contribution in [-0.4, -0.2) is 47.2 Å². The molecule has 1 aliphatic carbocycles. The Hall–Kier alpha value is -1.98. The van der Waals surface area contributed by atoms with Crippen molar-refractivity contribution >= 4 is 12.0 Å². The summed E-state index contributed by atoms with van der Waals surface area (Å²) in [6.45, 7) is 14.2. The van der Waals surface area contributed by atoms with Crippen LogP contribution >= 0.6 is 0 Å². The van der Waals surface area contributed by atoms with Gasteiger partial charge in [-0.05, 0) is 60.0 Å². The molecule has 1 aliphatic heterocycles. The summed E-state index contributed by atoms with van der Waals surface area (Å²) in [5, 5.41) is 3.14. The summed E-state index contributed by atoms with van der Waals surface area (Å²) < 4.78 is 11.2. The van der Waals surface area contributed by atoms with Crippen LogP contribution in [0.5, 0.6) is 0 Å². The fraction of sp³-hybridized carbons (Fsp3) is 0.700. The molecule has 0 spiro atoms. The van der Waals surface area contributed by atoms with E-state index in [1.807, 2.05) is 46.8 Å². The molecule has 2 amide bonds. The molecule has 26 heavy (non-hydrogen) atoms. The smallest absolute Gasteiger partial charge is 0.410 e. The Morgan fingerprint density at radius 3 is 2.58 bits per heavy atom. The van der Waals surface area contributed by atoms with Crippen LogP contribution in [0.1, 0.15) is 53.9 Å². The summed E-state index contributed by atoms with van der Waals surface area (Å²) in [5.74, 6) is 0.748. The average Bonchev–Trinajstić information content (AvgIpc) is 3.03. The maximum absolute atomic E-state index is 13.0. The van der Waals surface area contributed by atoms with Crippen molar-refractivity contribution in [3.05, 3.63) is 24.5 Å². The highest BCUT2D eigenvalue weighted by Crippen LogP contribution is 2.50. The highest BCUT2D eigenvalue weighted by molar-refractivity contribution is 5.87. The van der Waals surface area contributed by atoms with Crippen LogP contribution in [0.15, 0.2) is 24.5 Å². The molecule has 1 saturated carbocycles. The first-order valence-electron chi connectivity index (χ1n) is 9.42. The summed E-state index contributed by atoms with van der Waals surface area (Å²) in [6, 6.07) is -0.507. The zero-order chi connectivity index (χ0) is 19.5. The highest BCUT2D eigenvalue weighted by atomic mass is 16.6. The fourth-order valence-corrected chi connectivity index (χ4v) is 3.57. The monoisotopic (exact) mass is 364 g/mol. The van der Waals surface area contributed by atoms with Crippen LogP contribution in [0.25, 0.3) is 0 Å². The van der Waals surface area contributed by atoms with Gasteiger partial charge in [0.05, 0.1) is 6.61 Å². The van der Waals surface area contributed by atoms with Gasteiger partial charge in [-0.3, -0.25) is 9.69 Å². The second kappa shape index (κ2) is 7.72. The molecule has 146 valence electrons. The number of hydrogen-bond donors (Lipinski definition) is 1. The normalized spacial score (nSPS) is 28.5. The minimum absolute atomic E-state index is 0.139. The maximum Gasteiger partial charge on any atom is 0.410 e. The van der Waals surface area contributed by atoms with E-state index >= 15 is 0 Å². The lowest BCUT2D eigenvalue weighted by atomic mass is 10.1. The first-order valence-corrected chi connectivity index (χ1v) is 9.42. The van der Waals surface area contributed by atoms with Crippen molar-refractivity contribution in [2.45, 2.75) is 71.1 Å². The minimum atomic E-state index is -0.584. The second-order valence-corrected chi connectivity index (χ2v) is 7.92. The Labute approximate surface area is 156 Å². The summed E-state index contributed by atoms with van der Waals surface area (Å²) >= 11 is 0. The number of nitrogens with one attached hydrogen (secondary N) is 1. The third-order valence-corrected chi connectivity index (χ3v) is 4.83. The Morgan fingerprint density at radius 2 is 2.08 bits per heavy atom. The number of likely N-dealkylation sites (tertiary alicyclic amines) is 1. The molecule has 1 N–H and O–H groups in total. The molecule has 6 heteroatoms. The van der Waals surface area contributed by atoms with Gasteiger partial charge < -0.3 is 14.8 Å². The van der Waals surface area contributed by atoms with E-state index in [2.05, 4.69) is 11.9 Å². The summed E-state index contributed by atoms with van der Waals surface area (Å²) in [6.07, 6.45) is 5.51. The Kier molecular flexibility index (Phi) is 6.04. The van der Waals surface area contributed by atoms with Gasteiger partial charge in [-0.1, -0.05) is 6.08 Å². The molecular weight excluding hydrogens is 332 g/mol. The topological polar surface area (TPSA) is 67.9 Å². The predicted molar refractivity (Wildman–Crippen MR) is 101 cm³/mol. The molecule has 3 atom stereocenters. The lowest BCUT2D eigenvalue weighted by molar-refractivity contribution is -0.126. The van der Waals surface area contributed by atoms with Crippen molar-refractivity contribution in [3.8, 4) is 0 Å². The van der Waals surface area contributed by atoms with Crippen LogP contribution in [0.2, 0.25) is 0 Å². The molecule has 0 bridgehead atoms. The molecule has 2 fully saturated rings. The molecule has 2 unspecified atom stereocenters. The molecule has 6 nitrogen and oxygen atoms in total. The second-order valence-electron chi connectivity index (χ2n) is 7.92. The van der Waals surface area contributed by atoms with Gasteiger partial charge >= 0.3 is 6.09 Å². The van der Waals surface area contributed by atoms with Gasteiger partial charge in [-0.15, -0.1) is 6.58 Å². The molecule has 1 saturated heterocycles. The fourth-order valence-electron chi connectivity index (χ4n) is 3.57. The summed E-state index contributed by atoms with van der Waals surface area (Å²) in [4.78, 5) is 27.0. The van der Waals surface area contributed by atoms with E-state index in [0.717, 1.165) is 18.6 Å². The van der Waals surface area contributed by atoms with Gasteiger partial charge in [0, 0.05) is 12.5 Å². The first kappa shape index (κ1) is 20.3. The van der Waals surface area contributed by atoms with Gasteiger partial charge in [-0.25, -0.2) is 4.79 Å². The van der Waals surface area contributed by atoms with Crippen molar-refractivity contribution in [2.75, 3.05) is 13.2 Å². The van der Waals surface area contributed by atoms with Crippen molar-refractivity contribution in [3.63, 3.8) is 0 Å². The van der Waals surface area contributed by atoms with Crippen LogP contribution in [0.3, 0.4) is 0 Å². The van der Waals surface area contributed by atoms with E-state index in [1.165, 1.54) is 4.90 Å². The molecule has 0 aromatic rings. The zero-order valence-corrected chi connectivity index (χ0v) is 16.6. The van der Waals surface area contributed by atoms with Gasteiger partial charge in [0.15, 0.2) is 0 Å². The van der Waals surface area contributed by atoms with Crippen LogP contribution < -0.4 is 5.32 Å². The Bertz CT molecular complexity index is 593. The SMILES string of the molecule is C=CC1C[C@]1(NC(=O)C1CCCN1C(=O)OC(C)(C)C)/C(=C\C)OCC. The molecule has 0 radical (unpaired) electrons. The van der Waals surface area contributed by atoms with E-state index < -0.39 is 23.3 Å². The number of amides is 2. The van der Waals surface area contributed by atoms with E-state index in [-0.39, 0.29) is 11.8 Å². The molecular formula is C20H32N2O4. The maximum atomic E-state index is 13.0. The number of ether oxygens (including phenoxy) is 2. The third kappa shape index (κ3) is 4.22. The zero-order valence-electron chi connectivity index (χ0n) is 16.6. The van der Waals surface area contributed by atoms with Crippen molar-refractivity contribution in [2.24, 2.45) is 5.92 Å². The van der Waals surface area contributed by atoms with Gasteiger partial charge in [0.1, 0.15) is 22.9 Å². The quantitative estimate of drug-likeness (QED) is 0.579. The Morgan fingerprint density at radius 1 is 1.38 bits per heavy atom. The largest absolute Gasteiger partial charge is 0.496 e. The summed E-state index contributed by atoms with van der Waals surface area (Å²) in [7, 11) is 0. The molecule has 2 rings (SSSR count). The average molecular weight is 364 g/mol. The minimum Gasteiger partial charge on any atom is -0.496 e. The molecule has 0 aromatic heterocycles. The number of nitrogens with zero attached hydrogens (tertiary/aromatic N) is 1. The van der Waals surface area contributed by atoms with Crippen LogP contribution in [0.4, 0.5) is 4.79 Å². The van der Waals surface area contributed by atoms with Crippen molar-refractivity contribution in [1.29, 1.82) is 0 Å². The predicted octanol–water partition coefficient (Wildman–Crippen LogP) is 3.39. The number of carbonyl (C=O) groups excluding carboxylic acids is 2. The number of hydrogen-bond acceptors (Lipinski definition) is 4. The molecule has 2 aliphatic rings. The summed E-state index contributed by atoms with van der Waals surface area (Å²) in [5.41, 5.74) is -1.12. The molecule has 1 heterocycles. The lowest BCUT2D eigenvalue weighted by Crippen LogP contribution is -2.52.